The third-order valence-electron chi connectivity index (χ3n) is 3.79. The van der Waals surface area contributed by atoms with E-state index in [-0.39, 0.29) is 17.5 Å². The second-order valence-electron chi connectivity index (χ2n) is 6.13. The molecule has 25 heavy (non-hydrogen) atoms. The first-order valence-electron chi connectivity index (χ1n) is 8.60. The van der Waals surface area contributed by atoms with Gasteiger partial charge in [-0.2, -0.15) is 0 Å². The topological polar surface area (TPSA) is 81.3 Å². The smallest absolute Gasteiger partial charge is 0.272 e. The van der Waals surface area contributed by atoms with Crippen molar-refractivity contribution in [1.29, 1.82) is 0 Å². The van der Waals surface area contributed by atoms with Gasteiger partial charge in [0.25, 0.3) is 5.91 Å². The summed E-state index contributed by atoms with van der Waals surface area (Å²) in [6.07, 6.45) is 4.71. The lowest BCUT2D eigenvalue weighted by Crippen LogP contribution is -2.23. The number of nitrogen functional groups attached to an aromatic ring is 1. The van der Waals surface area contributed by atoms with Crippen LogP contribution in [0.25, 0.3) is 11.3 Å². The highest BCUT2D eigenvalue weighted by Gasteiger charge is 2.13. The second kappa shape index (κ2) is 9.01. The summed E-state index contributed by atoms with van der Waals surface area (Å²) < 4.78 is 5.74. The molecular weight excluding hydrogens is 316 g/mol. The van der Waals surface area contributed by atoms with E-state index in [1.165, 1.54) is 24.2 Å². The first-order valence-corrected chi connectivity index (χ1v) is 8.60. The maximum Gasteiger partial charge on any atom is 0.272 e. The second-order valence-corrected chi connectivity index (χ2v) is 6.13. The molecule has 6 nitrogen and oxygen atoms in total. The Morgan fingerprint density at radius 2 is 1.84 bits per heavy atom. The molecule has 2 rings (SSSR count). The van der Waals surface area contributed by atoms with Crippen molar-refractivity contribution in [2.45, 2.75) is 32.6 Å². The van der Waals surface area contributed by atoms with Crippen molar-refractivity contribution in [3.63, 3.8) is 0 Å². The standard InChI is InChI=1S/C19H26N4O2/c1-4-5-6-7-12-25-15-10-8-14(9-11-15)16-13-17(18(24)23(2)3)22-19(20)21-16/h8-11,13H,4-7,12H2,1-3H3,(H2,20,21,22). The maximum atomic E-state index is 12.1. The summed E-state index contributed by atoms with van der Waals surface area (Å²) in [6, 6.07) is 9.28. The van der Waals surface area contributed by atoms with Crippen LogP contribution in [0.1, 0.15) is 43.1 Å². The molecule has 0 atom stereocenters. The Balaban J connectivity index is 2.07. The van der Waals surface area contributed by atoms with Crippen molar-refractivity contribution in [2.75, 3.05) is 26.4 Å². The number of aromatic nitrogens is 2. The van der Waals surface area contributed by atoms with Crippen LogP contribution in [0.3, 0.4) is 0 Å². The highest BCUT2D eigenvalue weighted by atomic mass is 16.5. The van der Waals surface area contributed by atoms with Crippen LogP contribution in [0.2, 0.25) is 0 Å². The number of hydrogen-bond acceptors (Lipinski definition) is 5. The molecule has 1 heterocycles. The zero-order chi connectivity index (χ0) is 18.2. The number of benzene rings is 1. The SMILES string of the molecule is CCCCCCOc1ccc(-c2cc(C(=O)N(C)C)nc(N)n2)cc1. The van der Waals surface area contributed by atoms with Gasteiger partial charge in [-0.15, -0.1) is 0 Å². The number of hydrogen-bond donors (Lipinski definition) is 1. The van der Waals surface area contributed by atoms with Crippen LogP contribution in [0.5, 0.6) is 5.75 Å². The van der Waals surface area contributed by atoms with Gasteiger partial charge in [0, 0.05) is 19.7 Å². The molecule has 0 aliphatic rings. The average molecular weight is 342 g/mol. The first-order chi connectivity index (χ1) is 12.0. The quantitative estimate of drug-likeness (QED) is 0.744. The van der Waals surface area contributed by atoms with Gasteiger partial charge in [-0.1, -0.05) is 26.2 Å². The van der Waals surface area contributed by atoms with E-state index in [0.29, 0.717) is 5.69 Å². The van der Waals surface area contributed by atoms with E-state index in [2.05, 4.69) is 16.9 Å². The minimum Gasteiger partial charge on any atom is -0.494 e. The summed E-state index contributed by atoms with van der Waals surface area (Å²) in [5, 5.41) is 0. The largest absolute Gasteiger partial charge is 0.494 e. The molecule has 0 aliphatic heterocycles. The molecule has 1 aromatic carbocycles. The predicted octanol–water partition coefficient (Wildman–Crippen LogP) is 3.39. The minimum atomic E-state index is -0.206. The molecule has 0 unspecified atom stereocenters. The first kappa shape index (κ1) is 18.7. The van der Waals surface area contributed by atoms with E-state index < -0.39 is 0 Å². The van der Waals surface area contributed by atoms with Gasteiger partial charge in [0.05, 0.1) is 12.3 Å². The molecule has 0 aliphatic carbocycles. The number of nitrogens with two attached hydrogens (primary N) is 1. The van der Waals surface area contributed by atoms with Crippen LogP contribution in [0.4, 0.5) is 5.95 Å². The highest BCUT2D eigenvalue weighted by Crippen LogP contribution is 2.22. The Bertz CT molecular complexity index is 699. The van der Waals surface area contributed by atoms with Gasteiger partial charge >= 0.3 is 0 Å². The van der Waals surface area contributed by atoms with E-state index in [1.807, 2.05) is 24.3 Å². The molecule has 0 saturated heterocycles. The predicted molar refractivity (Wildman–Crippen MR) is 99.5 cm³/mol. The Hall–Kier alpha value is -2.63. The minimum absolute atomic E-state index is 0.0824. The number of anilines is 1. The fraction of sp³-hybridized carbons (Fsp3) is 0.421. The van der Waals surface area contributed by atoms with Crippen molar-refractivity contribution >= 4 is 11.9 Å². The zero-order valence-corrected chi connectivity index (χ0v) is 15.2. The molecule has 134 valence electrons. The Kier molecular flexibility index (Phi) is 6.74. The lowest BCUT2D eigenvalue weighted by Gasteiger charge is -2.11. The van der Waals surface area contributed by atoms with Gasteiger partial charge in [-0.05, 0) is 36.8 Å². The van der Waals surface area contributed by atoms with Gasteiger partial charge in [0.2, 0.25) is 5.95 Å². The number of carbonyl (C=O) groups is 1. The molecule has 1 amide bonds. The van der Waals surface area contributed by atoms with Crippen LogP contribution in [0.15, 0.2) is 30.3 Å². The molecule has 2 N–H and O–H groups in total. The summed E-state index contributed by atoms with van der Waals surface area (Å²) >= 11 is 0. The van der Waals surface area contributed by atoms with Crippen LogP contribution in [0, 0.1) is 0 Å². The molecule has 0 radical (unpaired) electrons. The zero-order valence-electron chi connectivity index (χ0n) is 15.2. The van der Waals surface area contributed by atoms with Gasteiger partial charge in [-0.25, -0.2) is 9.97 Å². The monoisotopic (exact) mass is 342 g/mol. The van der Waals surface area contributed by atoms with Gasteiger partial charge in [0.1, 0.15) is 11.4 Å². The van der Waals surface area contributed by atoms with Gasteiger partial charge < -0.3 is 15.4 Å². The Morgan fingerprint density at radius 3 is 2.48 bits per heavy atom. The van der Waals surface area contributed by atoms with Crippen LogP contribution in [-0.4, -0.2) is 41.5 Å². The van der Waals surface area contributed by atoms with E-state index >= 15 is 0 Å². The Labute approximate surface area is 149 Å². The van der Waals surface area contributed by atoms with Gasteiger partial charge in [0.15, 0.2) is 0 Å². The summed E-state index contributed by atoms with van der Waals surface area (Å²) in [7, 11) is 3.35. The molecule has 0 fully saturated rings. The summed E-state index contributed by atoms with van der Waals surface area (Å²) in [5.41, 5.74) is 7.51. The molecule has 0 bridgehead atoms. The van der Waals surface area contributed by atoms with E-state index in [1.54, 1.807) is 20.2 Å². The third-order valence-corrected chi connectivity index (χ3v) is 3.79. The average Bonchev–Trinajstić information content (AvgIpc) is 2.60. The van der Waals surface area contributed by atoms with Crippen LogP contribution in [-0.2, 0) is 0 Å². The lowest BCUT2D eigenvalue weighted by molar-refractivity contribution is 0.0822. The number of rotatable bonds is 8. The summed E-state index contributed by atoms with van der Waals surface area (Å²) in [5.74, 6) is 0.702. The van der Waals surface area contributed by atoms with Crippen molar-refractivity contribution in [1.82, 2.24) is 14.9 Å². The normalized spacial score (nSPS) is 10.5. The van der Waals surface area contributed by atoms with E-state index in [9.17, 15) is 4.79 Å². The van der Waals surface area contributed by atoms with E-state index in [0.717, 1.165) is 24.3 Å². The fourth-order valence-corrected chi connectivity index (χ4v) is 2.39. The summed E-state index contributed by atoms with van der Waals surface area (Å²) in [4.78, 5) is 21.8. The van der Waals surface area contributed by atoms with E-state index in [4.69, 9.17) is 10.5 Å². The summed E-state index contributed by atoms with van der Waals surface area (Å²) in [6.45, 7) is 2.91. The molecule has 6 heteroatoms. The lowest BCUT2D eigenvalue weighted by atomic mass is 10.1. The van der Waals surface area contributed by atoms with Crippen molar-refractivity contribution < 1.29 is 9.53 Å². The molecule has 0 spiro atoms. The van der Waals surface area contributed by atoms with Crippen molar-refractivity contribution in [2.24, 2.45) is 0 Å². The number of unbranched alkanes of at least 4 members (excludes halogenated alkanes) is 3. The fourth-order valence-electron chi connectivity index (χ4n) is 2.39. The molecule has 2 aromatic rings. The molecule has 0 saturated carbocycles. The maximum absolute atomic E-state index is 12.1. The molecule has 1 aromatic heterocycles. The number of nitrogens with zero attached hydrogens (tertiary/aromatic N) is 3. The molecular formula is C19H26N4O2. The van der Waals surface area contributed by atoms with Crippen LogP contribution >= 0.6 is 0 Å². The van der Waals surface area contributed by atoms with Gasteiger partial charge in [-0.3, -0.25) is 4.79 Å². The number of amides is 1. The number of ether oxygens (including phenoxy) is 1. The number of carbonyl (C=O) groups excluding carboxylic acids is 1. The van der Waals surface area contributed by atoms with Crippen molar-refractivity contribution in [3.8, 4) is 17.0 Å². The van der Waals surface area contributed by atoms with Crippen molar-refractivity contribution in [3.05, 3.63) is 36.0 Å². The Morgan fingerprint density at radius 1 is 1.12 bits per heavy atom. The highest BCUT2D eigenvalue weighted by molar-refractivity contribution is 5.93. The third kappa shape index (κ3) is 5.45. The van der Waals surface area contributed by atoms with Crippen LogP contribution < -0.4 is 10.5 Å².